The van der Waals surface area contributed by atoms with E-state index in [4.69, 9.17) is 4.52 Å². The van der Waals surface area contributed by atoms with Gasteiger partial charge in [-0.25, -0.2) is 4.98 Å². The van der Waals surface area contributed by atoms with Crippen LogP contribution in [0.5, 0.6) is 0 Å². The van der Waals surface area contributed by atoms with Crippen LogP contribution in [0, 0.1) is 12.8 Å². The highest BCUT2D eigenvalue weighted by atomic mass is 16.5. The van der Waals surface area contributed by atoms with Crippen molar-refractivity contribution in [2.75, 3.05) is 0 Å². The van der Waals surface area contributed by atoms with Crippen LogP contribution >= 0.6 is 0 Å². The molecule has 0 aliphatic carbocycles. The van der Waals surface area contributed by atoms with E-state index in [9.17, 15) is 4.79 Å². The summed E-state index contributed by atoms with van der Waals surface area (Å²) in [5.74, 6) is 0.937. The number of nitrogens with zero attached hydrogens (tertiary/aromatic N) is 4. The summed E-state index contributed by atoms with van der Waals surface area (Å²) in [5, 5.41) is 13.3. The number of aryl methyl sites for hydroxylation is 1. The van der Waals surface area contributed by atoms with Gasteiger partial charge in [-0.1, -0.05) is 36.7 Å². The van der Waals surface area contributed by atoms with E-state index in [0.717, 1.165) is 5.56 Å². The lowest BCUT2D eigenvalue weighted by molar-refractivity contribution is 0.0914. The van der Waals surface area contributed by atoms with E-state index in [1.807, 2.05) is 39.0 Å². The van der Waals surface area contributed by atoms with Crippen LogP contribution in [0.25, 0.3) is 11.6 Å². The third-order valence-electron chi connectivity index (χ3n) is 3.57. The number of aromatic amines is 1. The molecule has 2 heterocycles. The summed E-state index contributed by atoms with van der Waals surface area (Å²) in [6.45, 7) is 5.89. The summed E-state index contributed by atoms with van der Waals surface area (Å²) < 4.78 is 5.31. The van der Waals surface area contributed by atoms with Gasteiger partial charge in [0.1, 0.15) is 12.4 Å². The minimum atomic E-state index is -0.401. The molecule has 0 aliphatic heterocycles. The first-order valence-corrected chi connectivity index (χ1v) is 7.61. The largest absolute Gasteiger partial charge is 0.340 e. The lowest BCUT2D eigenvalue weighted by Crippen LogP contribution is -2.32. The highest BCUT2D eigenvalue weighted by Crippen LogP contribution is 2.22. The first-order chi connectivity index (χ1) is 11.5. The van der Waals surface area contributed by atoms with Gasteiger partial charge in [-0.2, -0.15) is 10.1 Å². The van der Waals surface area contributed by atoms with Crippen LogP contribution in [-0.4, -0.2) is 31.2 Å². The lowest BCUT2D eigenvalue weighted by Gasteiger charge is -2.18. The molecule has 24 heavy (non-hydrogen) atoms. The Morgan fingerprint density at radius 2 is 2.17 bits per heavy atom. The molecule has 1 atom stereocenters. The van der Waals surface area contributed by atoms with Gasteiger partial charge in [0, 0.05) is 5.56 Å². The molecule has 0 saturated heterocycles. The standard InChI is InChI=1S/C16H18N6O2/c1-9(2)12(19-15(23)11-6-4-5-10(3)7-11)16-20-14(22-24-16)13-17-8-18-21-13/h4-9,12H,1-3H3,(H,19,23)(H,17,18,21). The molecule has 8 nitrogen and oxygen atoms in total. The third-order valence-corrected chi connectivity index (χ3v) is 3.57. The molecule has 3 rings (SSSR count). The zero-order valence-corrected chi connectivity index (χ0v) is 13.6. The van der Waals surface area contributed by atoms with Crippen molar-refractivity contribution in [1.29, 1.82) is 0 Å². The maximum atomic E-state index is 12.5. The molecule has 124 valence electrons. The van der Waals surface area contributed by atoms with Gasteiger partial charge in [-0.05, 0) is 25.0 Å². The van der Waals surface area contributed by atoms with Crippen molar-refractivity contribution in [2.24, 2.45) is 5.92 Å². The average Bonchev–Trinajstić information content (AvgIpc) is 3.23. The molecule has 2 aromatic heterocycles. The Bertz CT molecular complexity index is 825. The molecule has 3 aromatic rings. The van der Waals surface area contributed by atoms with E-state index < -0.39 is 6.04 Å². The van der Waals surface area contributed by atoms with Crippen LogP contribution in [0.2, 0.25) is 0 Å². The van der Waals surface area contributed by atoms with Crippen LogP contribution in [0.3, 0.4) is 0 Å². The Balaban J connectivity index is 1.81. The number of H-pyrrole nitrogens is 1. The molecular formula is C16H18N6O2. The maximum Gasteiger partial charge on any atom is 0.251 e. The van der Waals surface area contributed by atoms with Crippen molar-refractivity contribution in [1.82, 2.24) is 30.6 Å². The van der Waals surface area contributed by atoms with E-state index in [2.05, 4.69) is 30.6 Å². The van der Waals surface area contributed by atoms with Crippen molar-refractivity contribution in [3.8, 4) is 11.6 Å². The summed E-state index contributed by atoms with van der Waals surface area (Å²) in [7, 11) is 0. The van der Waals surface area contributed by atoms with Crippen molar-refractivity contribution in [3.05, 3.63) is 47.6 Å². The van der Waals surface area contributed by atoms with Gasteiger partial charge >= 0.3 is 0 Å². The maximum absolute atomic E-state index is 12.5. The Hall–Kier alpha value is -3.03. The number of aromatic nitrogens is 5. The quantitative estimate of drug-likeness (QED) is 0.744. The molecule has 1 unspecified atom stereocenters. The predicted molar refractivity (Wildman–Crippen MR) is 85.9 cm³/mol. The van der Waals surface area contributed by atoms with Gasteiger partial charge in [0.15, 0.2) is 5.82 Å². The number of carbonyl (C=O) groups is 1. The Morgan fingerprint density at radius 1 is 1.33 bits per heavy atom. The van der Waals surface area contributed by atoms with Crippen LogP contribution in [0.1, 0.15) is 41.7 Å². The number of amides is 1. The van der Waals surface area contributed by atoms with Crippen molar-refractivity contribution in [2.45, 2.75) is 26.8 Å². The second-order valence-electron chi connectivity index (χ2n) is 5.85. The van der Waals surface area contributed by atoms with Crippen molar-refractivity contribution in [3.63, 3.8) is 0 Å². The summed E-state index contributed by atoms with van der Waals surface area (Å²) in [6.07, 6.45) is 1.37. The minimum Gasteiger partial charge on any atom is -0.340 e. The third kappa shape index (κ3) is 3.32. The fourth-order valence-electron chi connectivity index (χ4n) is 2.30. The van der Waals surface area contributed by atoms with Crippen LogP contribution < -0.4 is 5.32 Å². The van der Waals surface area contributed by atoms with Gasteiger partial charge in [-0.15, -0.1) is 0 Å². The number of rotatable bonds is 5. The van der Waals surface area contributed by atoms with Gasteiger partial charge in [0.25, 0.3) is 5.91 Å². The fraction of sp³-hybridized carbons (Fsp3) is 0.312. The fourth-order valence-corrected chi connectivity index (χ4v) is 2.30. The summed E-state index contributed by atoms with van der Waals surface area (Å²) in [4.78, 5) is 20.8. The first-order valence-electron chi connectivity index (χ1n) is 7.61. The minimum absolute atomic E-state index is 0.0711. The predicted octanol–water partition coefficient (Wildman–Crippen LogP) is 2.29. The highest BCUT2D eigenvalue weighted by molar-refractivity contribution is 5.94. The van der Waals surface area contributed by atoms with Gasteiger partial charge in [-0.3, -0.25) is 9.89 Å². The first kappa shape index (κ1) is 15.9. The van der Waals surface area contributed by atoms with Crippen molar-refractivity contribution >= 4 is 5.91 Å². The summed E-state index contributed by atoms with van der Waals surface area (Å²) >= 11 is 0. The van der Waals surface area contributed by atoms with Crippen LogP contribution in [-0.2, 0) is 0 Å². The Kier molecular flexibility index (Phi) is 4.37. The van der Waals surface area contributed by atoms with E-state index in [-0.39, 0.29) is 11.8 Å². The van der Waals surface area contributed by atoms with Gasteiger partial charge in [0.2, 0.25) is 11.7 Å². The Morgan fingerprint density at radius 3 is 2.83 bits per heavy atom. The summed E-state index contributed by atoms with van der Waals surface area (Å²) in [5.41, 5.74) is 1.62. The molecule has 0 fully saturated rings. The smallest absolute Gasteiger partial charge is 0.251 e. The Labute approximate surface area is 138 Å². The van der Waals surface area contributed by atoms with E-state index >= 15 is 0 Å². The second kappa shape index (κ2) is 6.61. The number of benzene rings is 1. The number of nitrogens with one attached hydrogen (secondary N) is 2. The van der Waals surface area contributed by atoms with Gasteiger partial charge < -0.3 is 9.84 Å². The molecule has 1 amide bonds. The molecule has 8 heteroatoms. The molecule has 0 bridgehead atoms. The number of hydrogen-bond acceptors (Lipinski definition) is 6. The second-order valence-corrected chi connectivity index (χ2v) is 5.85. The SMILES string of the molecule is Cc1cccc(C(=O)NC(c2nc(-c3ncn[nH]3)no2)C(C)C)c1. The van der Waals surface area contributed by atoms with E-state index in [1.54, 1.807) is 6.07 Å². The van der Waals surface area contributed by atoms with Gasteiger partial charge in [0.05, 0.1) is 0 Å². The van der Waals surface area contributed by atoms with Crippen molar-refractivity contribution < 1.29 is 9.32 Å². The molecule has 0 saturated carbocycles. The average molecular weight is 326 g/mol. The molecule has 2 N–H and O–H groups in total. The monoisotopic (exact) mass is 326 g/mol. The van der Waals surface area contributed by atoms with E-state index in [0.29, 0.717) is 23.1 Å². The topological polar surface area (TPSA) is 110 Å². The van der Waals surface area contributed by atoms with Crippen LogP contribution in [0.15, 0.2) is 35.1 Å². The van der Waals surface area contributed by atoms with E-state index in [1.165, 1.54) is 6.33 Å². The lowest BCUT2D eigenvalue weighted by atomic mass is 10.0. The zero-order valence-electron chi connectivity index (χ0n) is 13.6. The molecule has 0 aliphatic rings. The molecule has 0 spiro atoms. The molecular weight excluding hydrogens is 308 g/mol. The number of carbonyl (C=O) groups excluding carboxylic acids is 1. The van der Waals surface area contributed by atoms with Crippen LogP contribution in [0.4, 0.5) is 0 Å². The summed E-state index contributed by atoms with van der Waals surface area (Å²) in [6, 6.07) is 7.00. The molecule has 1 aromatic carbocycles. The zero-order chi connectivity index (χ0) is 17.1. The normalized spacial score (nSPS) is 12.3. The number of hydrogen-bond donors (Lipinski definition) is 2. The highest BCUT2D eigenvalue weighted by Gasteiger charge is 2.25. The molecule has 0 radical (unpaired) electrons.